The lowest BCUT2D eigenvalue weighted by Gasteiger charge is -2.25. The van der Waals surface area contributed by atoms with Crippen molar-refractivity contribution in [3.63, 3.8) is 0 Å². The zero-order valence-corrected chi connectivity index (χ0v) is 21.6. The van der Waals surface area contributed by atoms with Gasteiger partial charge < -0.3 is 44.6 Å². The predicted molar refractivity (Wildman–Crippen MR) is 133 cm³/mol. The number of fused-ring (bicyclic) bond motifs is 1. The molecular weight excluding hydrogens is 544 g/mol. The number of anilines is 1. The first-order valence-corrected chi connectivity index (χ1v) is 14.8. The van der Waals surface area contributed by atoms with Gasteiger partial charge in [-0.15, -0.1) is 6.58 Å². The third kappa shape index (κ3) is 6.35. The molecular formula is C21H27N5O10P2. The van der Waals surface area contributed by atoms with E-state index in [2.05, 4.69) is 31.4 Å². The molecule has 206 valence electrons. The lowest BCUT2D eigenvalue weighted by molar-refractivity contribution is -0.234. The minimum Gasteiger partial charge on any atom is -0.383 e. The number of ether oxygens (including phenoxy) is 1. The third-order valence-electron chi connectivity index (χ3n) is 5.65. The molecule has 1 aromatic carbocycles. The Morgan fingerprint density at radius 1 is 1.18 bits per heavy atom. The molecule has 3 heterocycles. The zero-order chi connectivity index (χ0) is 27.7. The van der Waals surface area contributed by atoms with Gasteiger partial charge in [0.1, 0.15) is 11.9 Å². The molecule has 4 rings (SSSR count). The Morgan fingerprint density at radius 2 is 1.89 bits per heavy atom. The van der Waals surface area contributed by atoms with Gasteiger partial charge in [-0.25, -0.2) is 15.0 Å². The maximum Gasteiger partial charge on any atom is 0.340 e. The van der Waals surface area contributed by atoms with Crippen LogP contribution in [0.1, 0.15) is 17.6 Å². The summed E-state index contributed by atoms with van der Waals surface area (Å²) < 4.78 is 34.5. The molecule has 1 aliphatic heterocycles. The Morgan fingerprint density at radius 3 is 2.55 bits per heavy atom. The van der Waals surface area contributed by atoms with Gasteiger partial charge in [0.2, 0.25) is 5.79 Å². The van der Waals surface area contributed by atoms with E-state index in [1.54, 1.807) is 6.08 Å². The first-order chi connectivity index (χ1) is 17.8. The molecule has 0 radical (unpaired) electrons. The van der Waals surface area contributed by atoms with Crippen molar-refractivity contribution >= 4 is 32.2 Å². The molecule has 0 spiro atoms. The van der Waals surface area contributed by atoms with Crippen LogP contribution in [0.15, 0.2) is 49.3 Å². The molecule has 17 heteroatoms. The van der Waals surface area contributed by atoms with Gasteiger partial charge in [-0.05, 0) is 5.56 Å². The fraction of sp³-hybridized carbons (Fsp3) is 0.381. The van der Waals surface area contributed by atoms with Gasteiger partial charge in [-0.1, -0.05) is 36.4 Å². The summed E-state index contributed by atoms with van der Waals surface area (Å²) in [4.78, 5) is 40.8. The second-order valence-electron chi connectivity index (χ2n) is 8.63. The predicted octanol–water partition coefficient (Wildman–Crippen LogP) is 0.443. The molecule has 1 saturated heterocycles. The molecule has 1 fully saturated rings. The number of benzene rings is 1. The number of aromatic nitrogens is 4. The Hall–Kier alpha value is -2.55. The summed E-state index contributed by atoms with van der Waals surface area (Å²) in [5.41, 5.74) is 1.46. The van der Waals surface area contributed by atoms with Crippen molar-refractivity contribution in [1.82, 2.24) is 19.5 Å². The van der Waals surface area contributed by atoms with Crippen molar-refractivity contribution < 1.29 is 48.4 Å². The van der Waals surface area contributed by atoms with E-state index in [0.717, 1.165) is 5.56 Å². The molecule has 1 unspecified atom stereocenters. The lowest BCUT2D eigenvalue weighted by atomic mass is 10.1. The van der Waals surface area contributed by atoms with Crippen LogP contribution < -0.4 is 5.32 Å². The quantitative estimate of drug-likeness (QED) is 0.0941. The highest BCUT2D eigenvalue weighted by Crippen LogP contribution is 2.55. The molecule has 2 aromatic heterocycles. The highest BCUT2D eigenvalue weighted by Gasteiger charge is 2.56. The normalized spacial score (nSPS) is 22.8. The number of hydrogen-bond donors (Lipinski definition) is 7. The summed E-state index contributed by atoms with van der Waals surface area (Å²) in [6, 6.07) is 9.52. The number of rotatable bonds is 11. The largest absolute Gasteiger partial charge is 0.383 e. The average molecular weight is 571 g/mol. The first-order valence-electron chi connectivity index (χ1n) is 11.2. The van der Waals surface area contributed by atoms with Crippen molar-refractivity contribution in [2.75, 3.05) is 17.8 Å². The molecule has 0 saturated carbocycles. The third-order valence-corrected chi connectivity index (χ3v) is 9.10. The van der Waals surface area contributed by atoms with E-state index in [0.29, 0.717) is 30.1 Å². The van der Waals surface area contributed by atoms with E-state index in [1.807, 2.05) is 30.3 Å². The van der Waals surface area contributed by atoms with Crippen LogP contribution in [0.2, 0.25) is 0 Å². The van der Waals surface area contributed by atoms with E-state index in [4.69, 9.17) is 14.5 Å². The number of hydrogen-bond acceptors (Lipinski definition) is 11. The Bertz CT molecular complexity index is 1400. The molecule has 0 amide bonds. The van der Waals surface area contributed by atoms with Crippen molar-refractivity contribution in [1.29, 1.82) is 0 Å². The molecule has 7 N–H and O–H groups in total. The van der Waals surface area contributed by atoms with E-state index in [1.165, 1.54) is 10.9 Å². The van der Waals surface area contributed by atoms with Crippen LogP contribution in [0, 0.1) is 0 Å². The van der Waals surface area contributed by atoms with Gasteiger partial charge in [-0.2, -0.15) is 0 Å². The fourth-order valence-corrected chi connectivity index (χ4v) is 6.41. The smallest absolute Gasteiger partial charge is 0.340 e. The van der Waals surface area contributed by atoms with E-state index in [-0.39, 0.29) is 5.65 Å². The number of imidazole rings is 1. The van der Waals surface area contributed by atoms with E-state index in [9.17, 15) is 29.3 Å². The van der Waals surface area contributed by atoms with E-state index >= 15 is 0 Å². The second kappa shape index (κ2) is 10.9. The van der Waals surface area contributed by atoms with Crippen LogP contribution in [0.3, 0.4) is 0 Å². The highest BCUT2D eigenvalue weighted by molar-refractivity contribution is 7.70. The lowest BCUT2D eigenvalue weighted by Crippen LogP contribution is -2.49. The van der Waals surface area contributed by atoms with Crippen LogP contribution in [0.25, 0.3) is 11.2 Å². The minimum atomic E-state index is -4.91. The van der Waals surface area contributed by atoms with Gasteiger partial charge in [0.15, 0.2) is 35.2 Å². The average Bonchev–Trinajstić information content (AvgIpc) is 3.34. The standard InChI is InChI=1S/C21H27N5O10P2/c1-2-6-15-24-18(22-9-13-7-4-3-5-8-13)16-19(25-15)26(11-23-16)20-17(27)21(28,29)14(36-20)10-35-38(33,34)12-37(30,31)32/h2-5,7-8,11,14,17,20,27-29H,1,6,9-10,12H2,(H,33,34)(H,22,24,25)(H2,30,31,32)/t14-,17+,20-/m1/s1. The topological polar surface area (TPSA) is 230 Å². The Kier molecular flexibility index (Phi) is 8.17. The van der Waals surface area contributed by atoms with Crippen LogP contribution in [-0.2, 0) is 31.4 Å². The second-order valence-corrected chi connectivity index (χ2v) is 12.6. The summed E-state index contributed by atoms with van der Waals surface area (Å²) in [6.45, 7) is 3.14. The molecule has 4 atom stereocenters. The van der Waals surface area contributed by atoms with Crippen LogP contribution >= 0.6 is 15.2 Å². The summed E-state index contributed by atoms with van der Waals surface area (Å²) in [7, 11) is -9.73. The van der Waals surface area contributed by atoms with Gasteiger partial charge >= 0.3 is 15.2 Å². The monoisotopic (exact) mass is 571 g/mol. The van der Waals surface area contributed by atoms with Crippen molar-refractivity contribution in [3.05, 3.63) is 60.7 Å². The summed E-state index contributed by atoms with van der Waals surface area (Å²) >= 11 is 0. The molecule has 1 aliphatic rings. The van der Waals surface area contributed by atoms with Crippen LogP contribution in [0.4, 0.5) is 5.82 Å². The molecule has 3 aromatic rings. The van der Waals surface area contributed by atoms with Crippen molar-refractivity contribution in [2.24, 2.45) is 0 Å². The molecule has 0 aliphatic carbocycles. The Balaban J connectivity index is 1.61. The van der Waals surface area contributed by atoms with Crippen molar-refractivity contribution in [3.8, 4) is 0 Å². The number of nitrogens with one attached hydrogen (secondary N) is 1. The Labute approximate surface area is 216 Å². The fourth-order valence-electron chi connectivity index (χ4n) is 3.85. The minimum absolute atomic E-state index is 0.183. The summed E-state index contributed by atoms with van der Waals surface area (Å²) in [5.74, 6) is -3.71. The zero-order valence-electron chi connectivity index (χ0n) is 19.8. The van der Waals surface area contributed by atoms with Gasteiger partial charge in [0, 0.05) is 13.0 Å². The number of nitrogens with zero attached hydrogens (tertiary/aromatic N) is 4. The highest BCUT2D eigenvalue weighted by atomic mass is 31.2. The van der Waals surface area contributed by atoms with Gasteiger partial charge in [0.05, 0.1) is 12.9 Å². The van der Waals surface area contributed by atoms with Gasteiger partial charge in [-0.3, -0.25) is 13.7 Å². The molecule has 38 heavy (non-hydrogen) atoms. The first kappa shape index (κ1) is 28.5. The summed E-state index contributed by atoms with van der Waals surface area (Å²) in [5, 5.41) is 34.8. The maximum atomic E-state index is 12.0. The van der Waals surface area contributed by atoms with E-state index < -0.39 is 51.9 Å². The van der Waals surface area contributed by atoms with Crippen molar-refractivity contribution in [2.45, 2.75) is 37.2 Å². The van der Waals surface area contributed by atoms with Crippen LogP contribution in [-0.4, -0.2) is 80.0 Å². The summed E-state index contributed by atoms with van der Waals surface area (Å²) in [6.07, 6.45) is -2.11. The number of aliphatic hydroxyl groups excluding tert-OH is 1. The molecule has 15 nitrogen and oxygen atoms in total. The number of allylic oxidation sites excluding steroid dienone is 1. The van der Waals surface area contributed by atoms with Crippen LogP contribution in [0.5, 0.6) is 0 Å². The maximum absolute atomic E-state index is 12.0. The number of aliphatic hydroxyl groups is 3. The van der Waals surface area contributed by atoms with Gasteiger partial charge in [0.25, 0.3) is 0 Å². The SMILES string of the molecule is C=CCc1nc(NCc2ccccc2)c2ncn([C@@H]3O[C@H](COP(=O)(O)CP(=O)(O)O)C(O)(O)[C@H]3O)c2n1. The molecule has 0 bridgehead atoms.